The van der Waals surface area contributed by atoms with E-state index in [0.29, 0.717) is 12.3 Å². The third-order valence-electron chi connectivity index (χ3n) is 7.10. The van der Waals surface area contributed by atoms with Crippen LogP contribution in [0.25, 0.3) is 6.08 Å². The first kappa shape index (κ1) is 25.2. The number of allylic oxidation sites excluding steroid dienone is 1. The minimum absolute atomic E-state index is 0.114. The van der Waals surface area contributed by atoms with Gasteiger partial charge in [-0.1, -0.05) is 36.4 Å². The molecule has 0 radical (unpaired) electrons. The second-order valence-electron chi connectivity index (χ2n) is 9.21. The van der Waals surface area contributed by atoms with Crippen molar-refractivity contribution in [1.29, 1.82) is 0 Å². The standard InChI is InChI=1S/C28H29N5O5/c1-4-31-17-22(33(35)36)26(29-31)28(34)32-27(20-12-6-8-15-24(20)38-3)21-13-9-11-19(25(21)30-32)16-18-10-5-7-14-23(18)37-2/h5-8,10,12,14-17,21,27H,4,9,11,13H2,1-3H3/b19-16-/t21-,27-/m0/s1. The predicted molar refractivity (Wildman–Crippen MR) is 142 cm³/mol. The normalized spacial score (nSPS) is 19.7. The Bertz CT molecular complexity index is 1440. The Morgan fingerprint density at radius 3 is 2.55 bits per heavy atom. The predicted octanol–water partition coefficient (Wildman–Crippen LogP) is 5.27. The van der Waals surface area contributed by atoms with Crippen molar-refractivity contribution in [3.63, 3.8) is 0 Å². The number of benzene rings is 2. The van der Waals surface area contributed by atoms with Gasteiger partial charge in [0.1, 0.15) is 17.7 Å². The number of amides is 1. The van der Waals surface area contributed by atoms with Crippen molar-refractivity contribution in [3.05, 3.63) is 87.2 Å². The molecule has 1 saturated carbocycles. The maximum absolute atomic E-state index is 14.0. The van der Waals surface area contributed by atoms with Crippen molar-refractivity contribution in [3.8, 4) is 11.5 Å². The molecule has 2 aliphatic rings. The molecule has 0 saturated heterocycles. The lowest BCUT2D eigenvalue weighted by atomic mass is 9.77. The fourth-order valence-corrected chi connectivity index (χ4v) is 5.33. The summed E-state index contributed by atoms with van der Waals surface area (Å²) in [6.07, 6.45) is 5.85. The number of aromatic nitrogens is 2. The second kappa shape index (κ2) is 10.5. The third kappa shape index (κ3) is 4.42. The number of fused-ring (bicyclic) bond motifs is 1. The van der Waals surface area contributed by atoms with E-state index in [1.54, 1.807) is 14.2 Å². The molecule has 2 aromatic carbocycles. The summed E-state index contributed by atoms with van der Waals surface area (Å²) in [5, 5.41) is 22.3. The Hall–Kier alpha value is -4.47. The number of rotatable bonds is 7. The number of carbonyl (C=O) groups is 1. The van der Waals surface area contributed by atoms with Crippen LogP contribution in [0.1, 0.15) is 53.8 Å². The van der Waals surface area contributed by atoms with E-state index >= 15 is 0 Å². The molecule has 0 N–H and O–H groups in total. The number of hydrogen-bond donors (Lipinski definition) is 0. The molecule has 1 aliphatic carbocycles. The molecule has 0 bridgehead atoms. The molecule has 0 unspecified atom stereocenters. The highest BCUT2D eigenvalue weighted by Crippen LogP contribution is 2.47. The van der Waals surface area contributed by atoms with E-state index in [1.807, 2.05) is 55.5 Å². The van der Waals surface area contributed by atoms with Crippen LogP contribution in [0.15, 0.2) is 65.4 Å². The Labute approximate surface area is 220 Å². The maximum atomic E-state index is 14.0. The molecular formula is C28H29N5O5. The molecule has 10 heteroatoms. The highest BCUT2D eigenvalue weighted by molar-refractivity contribution is 6.09. The smallest absolute Gasteiger partial charge is 0.320 e. The summed E-state index contributed by atoms with van der Waals surface area (Å²) in [7, 11) is 3.22. The summed E-state index contributed by atoms with van der Waals surface area (Å²) in [4.78, 5) is 25.2. The lowest BCUT2D eigenvalue weighted by Crippen LogP contribution is -2.32. The second-order valence-corrected chi connectivity index (χ2v) is 9.21. The van der Waals surface area contributed by atoms with Crippen molar-refractivity contribution < 1.29 is 19.2 Å². The van der Waals surface area contributed by atoms with Crippen molar-refractivity contribution >= 4 is 23.4 Å². The summed E-state index contributed by atoms with van der Waals surface area (Å²) < 4.78 is 12.6. The van der Waals surface area contributed by atoms with Gasteiger partial charge in [-0.15, -0.1) is 0 Å². The summed E-state index contributed by atoms with van der Waals surface area (Å²) in [5.74, 6) is 0.646. The third-order valence-corrected chi connectivity index (χ3v) is 7.10. The first-order valence-corrected chi connectivity index (χ1v) is 12.6. The zero-order valence-corrected chi connectivity index (χ0v) is 21.5. The van der Waals surface area contributed by atoms with Gasteiger partial charge in [0.2, 0.25) is 5.69 Å². The molecule has 1 aromatic heterocycles. The Morgan fingerprint density at radius 1 is 1.13 bits per heavy atom. The van der Waals surface area contributed by atoms with Gasteiger partial charge in [-0.25, -0.2) is 5.01 Å². The van der Waals surface area contributed by atoms with Crippen molar-refractivity contribution in [1.82, 2.24) is 14.8 Å². The summed E-state index contributed by atoms with van der Waals surface area (Å²) in [5.41, 5.74) is 2.96. The topological polar surface area (TPSA) is 112 Å². The molecule has 196 valence electrons. The Balaban J connectivity index is 1.65. The van der Waals surface area contributed by atoms with Gasteiger partial charge in [-0.3, -0.25) is 19.6 Å². The Kier molecular flexibility index (Phi) is 6.95. The van der Waals surface area contributed by atoms with Crippen LogP contribution in [-0.4, -0.2) is 45.6 Å². The van der Waals surface area contributed by atoms with Crippen molar-refractivity contribution in [2.75, 3.05) is 14.2 Å². The number of methoxy groups -OCH3 is 2. The van der Waals surface area contributed by atoms with Gasteiger partial charge in [0.25, 0.3) is 0 Å². The van der Waals surface area contributed by atoms with Gasteiger partial charge in [0.05, 0.1) is 30.9 Å². The van der Waals surface area contributed by atoms with Gasteiger partial charge < -0.3 is 9.47 Å². The highest BCUT2D eigenvalue weighted by Gasteiger charge is 2.46. The van der Waals surface area contributed by atoms with Gasteiger partial charge in [-0.05, 0) is 50.0 Å². The van der Waals surface area contributed by atoms with Crippen LogP contribution in [0.4, 0.5) is 5.69 Å². The number of aryl methyl sites for hydroxylation is 1. The minimum Gasteiger partial charge on any atom is -0.496 e. The fraction of sp³-hybridized carbons (Fsp3) is 0.321. The van der Waals surface area contributed by atoms with E-state index in [-0.39, 0.29) is 17.3 Å². The van der Waals surface area contributed by atoms with E-state index in [2.05, 4.69) is 11.2 Å². The summed E-state index contributed by atoms with van der Waals surface area (Å²) >= 11 is 0. The number of hydrogen-bond acceptors (Lipinski definition) is 7. The van der Waals surface area contributed by atoms with Crippen LogP contribution < -0.4 is 9.47 Å². The molecule has 2 atom stereocenters. The number of carbonyl (C=O) groups excluding carboxylic acids is 1. The molecule has 10 nitrogen and oxygen atoms in total. The summed E-state index contributed by atoms with van der Waals surface area (Å²) in [6.45, 7) is 2.20. The minimum atomic E-state index is -0.613. The van der Waals surface area contributed by atoms with Gasteiger partial charge >= 0.3 is 11.6 Å². The molecule has 3 aromatic rings. The molecule has 2 heterocycles. The largest absolute Gasteiger partial charge is 0.496 e. The lowest BCUT2D eigenvalue weighted by Gasteiger charge is -2.30. The van der Waals surface area contributed by atoms with Crippen LogP contribution in [0.2, 0.25) is 0 Å². The first-order valence-electron chi connectivity index (χ1n) is 12.6. The van der Waals surface area contributed by atoms with Crippen LogP contribution >= 0.6 is 0 Å². The average Bonchev–Trinajstić information content (AvgIpc) is 3.56. The number of hydrazone groups is 1. The first-order chi connectivity index (χ1) is 18.5. The van der Waals surface area contributed by atoms with E-state index in [9.17, 15) is 14.9 Å². The quantitative estimate of drug-likeness (QED) is 0.313. The number of nitro groups is 1. The van der Waals surface area contributed by atoms with Crippen LogP contribution in [0.5, 0.6) is 11.5 Å². The van der Waals surface area contributed by atoms with E-state index < -0.39 is 16.9 Å². The van der Waals surface area contributed by atoms with Gasteiger partial charge in [0.15, 0.2) is 0 Å². The van der Waals surface area contributed by atoms with Crippen molar-refractivity contribution in [2.45, 2.75) is 38.8 Å². The SMILES string of the molecule is CCn1cc([N+](=O)[O-])c(C(=O)N2N=C3/C(=C\c4ccccc4OC)CCC[C@@H]3[C@@H]2c2ccccc2OC)n1. The number of nitrogens with zero attached hydrogens (tertiary/aromatic N) is 5. The van der Waals surface area contributed by atoms with Gasteiger partial charge in [0, 0.05) is 23.6 Å². The van der Waals surface area contributed by atoms with Gasteiger partial charge in [-0.2, -0.15) is 10.2 Å². The zero-order chi connectivity index (χ0) is 26.8. The molecule has 0 spiro atoms. The van der Waals surface area contributed by atoms with E-state index in [4.69, 9.17) is 14.6 Å². The molecule has 1 aliphatic heterocycles. The highest BCUT2D eigenvalue weighted by atomic mass is 16.6. The molecule has 5 rings (SSSR count). The fourth-order valence-electron chi connectivity index (χ4n) is 5.33. The average molecular weight is 516 g/mol. The van der Waals surface area contributed by atoms with Crippen LogP contribution in [-0.2, 0) is 6.54 Å². The van der Waals surface area contributed by atoms with Crippen molar-refractivity contribution in [2.24, 2.45) is 11.0 Å². The van der Waals surface area contributed by atoms with Crippen LogP contribution in [0.3, 0.4) is 0 Å². The molecule has 1 amide bonds. The number of ether oxygens (including phenoxy) is 2. The zero-order valence-electron chi connectivity index (χ0n) is 21.5. The van der Waals surface area contributed by atoms with Crippen LogP contribution in [0, 0.1) is 16.0 Å². The molecule has 38 heavy (non-hydrogen) atoms. The van der Waals surface area contributed by atoms with E-state index in [1.165, 1.54) is 15.9 Å². The molecule has 1 fully saturated rings. The Morgan fingerprint density at radius 2 is 1.84 bits per heavy atom. The molecular weight excluding hydrogens is 486 g/mol. The summed E-state index contributed by atoms with van der Waals surface area (Å²) in [6, 6.07) is 14.8. The van der Waals surface area contributed by atoms with E-state index in [0.717, 1.165) is 47.4 Å². The number of para-hydroxylation sites is 2. The maximum Gasteiger partial charge on any atom is 0.320 e. The monoisotopic (exact) mass is 515 g/mol. The lowest BCUT2D eigenvalue weighted by molar-refractivity contribution is -0.385.